The van der Waals surface area contributed by atoms with Crippen molar-refractivity contribution in [1.82, 2.24) is 20.5 Å². The van der Waals surface area contributed by atoms with Crippen molar-refractivity contribution >= 4 is 11.8 Å². The summed E-state index contributed by atoms with van der Waals surface area (Å²) in [4.78, 5) is 30.9. The van der Waals surface area contributed by atoms with Gasteiger partial charge in [0.05, 0.1) is 17.7 Å². The zero-order valence-corrected chi connectivity index (χ0v) is 21.6. The number of aliphatic hydroxyl groups is 1. The average molecular weight is 571 g/mol. The van der Waals surface area contributed by atoms with Gasteiger partial charge in [-0.2, -0.15) is 13.2 Å². The highest BCUT2D eigenvalue weighted by Crippen LogP contribution is 2.39. The Morgan fingerprint density at radius 2 is 1.90 bits per heavy atom. The number of hydrogen-bond donors (Lipinski definition) is 3. The lowest BCUT2D eigenvalue weighted by Gasteiger charge is -2.39. The number of alkyl halides is 5. The number of ether oxygens (including phenoxy) is 1. The third-order valence-corrected chi connectivity index (χ3v) is 7.38. The Morgan fingerprint density at radius 1 is 1.15 bits per heavy atom. The van der Waals surface area contributed by atoms with Gasteiger partial charge in [0.2, 0.25) is 11.8 Å². The van der Waals surface area contributed by atoms with Crippen LogP contribution in [0.2, 0.25) is 0 Å². The molecule has 2 aliphatic rings. The number of benzene rings is 1. The van der Waals surface area contributed by atoms with Crippen LogP contribution in [0.1, 0.15) is 53.6 Å². The van der Waals surface area contributed by atoms with E-state index in [-0.39, 0.29) is 30.1 Å². The normalized spacial score (nSPS) is 23.7. The Kier molecular flexibility index (Phi) is 9.24. The second-order valence-corrected chi connectivity index (χ2v) is 10.2. The van der Waals surface area contributed by atoms with Crippen molar-refractivity contribution < 1.29 is 41.4 Å². The van der Waals surface area contributed by atoms with Gasteiger partial charge in [0.1, 0.15) is 0 Å². The number of amides is 2. The fourth-order valence-corrected chi connectivity index (χ4v) is 5.24. The molecule has 2 aromatic rings. The fourth-order valence-electron chi connectivity index (χ4n) is 5.24. The van der Waals surface area contributed by atoms with E-state index in [4.69, 9.17) is 4.74 Å². The lowest BCUT2D eigenvalue weighted by molar-refractivity contribution is -0.137. The van der Waals surface area contributed by atoms with E-state index in [1.165, 1.54) is 18.3 Å². The van der Waals surface area contributed by atoms with E-state index in [0.29, 0.717) is 44.2 Å². The van der Waals surface area contributed by atoms with Crippen molar-refractivity contribution in [3.63, 3.8) is 0 Å². The topological polar surface area (TPSA) is 104 Å². The van der Waals surface area contributed by atoms with E-state index in [1.807, 2.05) is 0 Å². The van der Waals surface area contributed by atoms with E-state index >= 15 is 0 Å². The SMILES string of the molecule is O=C(CNC(=O)c1cccc(C(F)(F)F)c1)N[C@@H]1CCN(C2CCC(O)(c3ccc(OCC(F)F)nc3)CC2)C1. The van der Waals surface area contributed by atoms with Gasteiger partial charge in [-0.25, -0.2) is 13.8 Å². The Hall–Kier alpha value is -3.32. The van der Waals surface area contributed by atoms with Crippen LogP contribution in [-0.4, -0.2) is 71.6 Å². The van der Waals surface area contributed by atoms with Crippen LogP contribution in [0.4, 0.5) is 22.0 Å². The maximum Gasteiger partial charge on any atom is 0.416 e. The molecule has 1 aromatic heterocycles. The highest BCUT2D eigenvalue weighted by Gasteiger charge is 2.39. The molecule has 218 valence electrons. The maximum atomic E-state index is 12.9. The molecule has 13 heteroatoms. The molecular weight excluding hydrogens is 539 g/mol. The van der Waals surface area contributed by atoms with Gasteiger partial charge in [-0.1, -0.05) is 6.07 Å². The fraction of sp³-hybridized carbons (Fsp3) is 0.519. The average Bonchev–Trinajstić information content (AvgIpc) is 3.39. The van der Waals surface area contributed by atoms with Gasteiger partial charge in [-0.05, 0) is 56.4 Å². The van der Waals surface area contributed by atoms with E-state index in [9.17, 15) is 36.6 Å². The van der Waals surface area contributed by atoms with Gasteiger partial charge in [-0.3, -0.25) is 14.5 Å². The predicted molar refractivity (Wildman–Crippen MR) is 134 cm³/mol. The van der Waals surface area contributed by atoms with Crippen LogP contribution < -0.4 is 15.4 Å². The number of likely N-dealkylation sites (tertiary alicyclic amines) is 1. The Bertz CT molecular complexity index is 1170. The summed E-state index contributed by atoms with van der Waals surface area (Å²) in [6, 6.07) is 7.18. The Morgan fingerprint density at radius 3 is 2.55 bits per heavy atom. The maximum absolute atomic E-state index is 12.9. The van der Waals surface area contributed by atoms with Gasteiger partial charge in [-0.15, -0.1) is 0 Å². The predicted octanol–water partition coefficient (Wildman–Crippen LogP) is 3.50. The molecule has 1 atom stereocenters. The largest absolute Gasteiger partial charge is 0.472 e. The summed E-state index contributed by atoms with van der Waals surface area (Å²) in [5.41, 5.74) is -1.59. The number of aromatic nitrogens is 1. The molecule has 1 saturated heterocycles. The molecule has 2 heterocycles. The zero-order valence-electron chi connectivity index (χ0n) is 21.6. The molecule has 3 N–H and O–H groups in total. The number of halogens is 5. The van der Waals surface area contributed by atoms with Crippen molar-refractivity contribution in [1.29, 1.82) is 0 Å². The molecule has 1 aromatic carbocycles. The summed E-state index contributed by atoms with van der Waals surface area (Å²) in [6.07, 6.45) is -2.60. The minimum absolute atomic E-state index is 0.0710. The smallest absolute Gasteiger partial charge is 0.416 e. The number of hydrogen-bond acceptors (Lipinski definition) is 6. The molecule has 2 amide bonds. The van der Waals surface area contributed by atoms with Gasteiger partial charge in [0, 0.05) is 48.6 Å². The molecule has 0 bridgehead atoms. The summed E-state index contributed by atoms with van der Waals surface area (Å²) in [7, 11) is 0. The Balaban J connectivity index is 1.20. The van der Waals surface area contributed by atoms with Crippen LogP contribution in [0.25, 0.3) is 0 Å². The minimum atomic E-state index is -4.57. The quantitative estimate of drug-likeness (QED) is 0.399. The first kappa shape index (κ1) is 29.7. The number of nitrogens with zero attached hydrogens (tertiary/aromatic N) is 2. The molecule has 0 radical (unpaired) electrons. The van der Waals surface area contributed by atoms with Crippen LogP contribution in [0.15, 0.2) is 42.6 Å². The molecule has 40 heavy (non-hydrogen) atoms. The number of rotatable bonds is 9. The lowest BCUT2D eigenvalue weighted by atomic mass is 9.78. The summed E-state index contributed by atoms with van der Waals surface area (Å²) in [6.45, 7) is 0.253. The van der Waals surface area contributed by atoms with Crippen molar-refractivity contribution in [2.45, 2.75) is 62.4 Å². The molecule has 4 rings (SSSR count). The number of pyridine rings is 1. The first-order chi connectivity index (χ1) is 18.9. The van der Waals surface area contributed by atoms with Crippen LogP contribution in [-0.2, 0) is 16.6 Å². The molecule has 8 nitrogen and oxygen atoms in total. The van der Waals surface area contributed by atoms with E-state index < -0.39 is 42.2 Å². The van der Waals surface area contributed by atoms with Crippen molar-refractivity contribution in [2.24, 2.45) is 0 Å². The summed E-state index contributed by atoms with van der Waals surface area (Å²) in [5.74, 6) is -1.13. The number of carbonyl (C=O) groups is 2. The molecule has 1 aliphatic carbocycles. The van der Waals surface area contributed by atoms with Gasteiger partial charge in [0.15, 0.2) is 6.61 Å². The molecule has 2 fully saturated rings. The number of carbonyl (C=O) groups excluding carboxylic acids is 2. The van der Waals surface area contributed by atoms with Crippen molar-refractivity contribution in [3.05, 3.63) is 59.3 Å². The molecule has 0 spiro atoms. The highest BCUT2D eigenvalue weighted by molar-refractivity contribution is 5.96. The summed E-state index contributed by atoms with van der Waals surface area (Å²) in [5, 5.41) is 16.4. The Labute approximate surface area is 227 Å². The molecule has 0 unspecified atom stereocenters. The lowest BCUT2D eigenvalue weighted by Crippen LogP contribution is -2.45. The number of nitrogens with one attached hydrogen (secondary N) is 2. The highest BCUT2D eigenvalue weighted by atomic mass is 19.4. The second-order valence-electron chi connectivity index (χ2n) is 10.2. The molecule has 1 saturated carbocycles. The van der Waals surface area contributed by atoms with E-state index in [2.05, 4.69) is 20.5 Å². The van der Waals surface area contributed by atoms with Crippen LogP contribution in [0.3, 0.4) is 0 Å². The zero-order chi connectivity index (χ0) is 28.9. The van der Waals surface area contributed by atoms with Crippen LogP contribution in [0.5, 0.6) is 5.88 Å². The van der Waals surface area contributed by atoms with E-state index in [0.717, 1.165) is 24.7 Å². The van der Waals surface area contributed by atoms with Crippen molar-refractivity contribution in [3.8, 4) is 5.88 Å². The van der Waals surface area contributed by atoms with Gasteiger partial charge < -0.3 is 20.5 Å². The van der Waals surface area contributed by atoms with Crippen LogP contribution in [0, 0.1) is 0 Å². The first-order valence-electron chi connectivity index (χ1n) is 13.0. The summed E-state index contributed by atoms with van der Waals surface area (Å²) >= 11 is 0. The summed E-state index contributed by atoms with van der Waals surface area (Å²) < 4.78 is 68.1. The molecular formula is C27H31F5N4O4. The first-order valence-corrected chi connectivity index (χ1v) is 13.0. The second kappa shape index (κ2) is 12.5. The third kappa shape index (κ3) is 7.66. The molecule has 1 aliphatic heterocycles. The third-order valence-electron chi connectivity index (χ3n) is 7.38. The van der Waals surface area contributed by atoms with E-state index in [1.54, 1.807) is 6.07 Å². The van der Waals surface area contributed by atoms with Gasteiger partial charge >= 0.3 is 6.18 Å². The van der Waals surface area contributed by atoms with Crippen LogP contribution >= 0.6 is 0 Å². The minimum Gasteiger partial charge on any atom is -0.472 e. The monoisotopic (exact) mass is 570 g/mol. The van der Waals surface area contributed by atoms with Gasteiger partial charge in [0.25, 0.3) is 12.3 Å². The standard InChI is InChI=1S/C27H31F5N4O4/c28-22(29)16-40-24-5-4-19(13-33-24)26(39)9-6-21(7-10-26)36-11-8-20(15-36)35-23(37)14-34-25(38)17-2-1-3-18(12-17)27(30,31)32/h1-5,12-13,20-22,39H,6-11,14-16H2,(H,34,38)(H,35,37)/t20-,21?,26?/m1/s1. The van der Waals surface area contributed by atoms with Crippen molar-refractivity contribution in [2.75, 3.05) is 26.2 Å².